The number of hydrogen-bond donors (Lipinski definition) is 1. The third-order valence-corrected chi connectivity index (χ3v) is 1.99. The molecule has 0 fully saturated rings. The second kappa shape index (κ2) is 6.85. The molecule has 0 saturated carbocycles. The van der Waals surface area contributed by atoms with Gasteiger partial charge >= 0.3 is 11.9 Å². The van der Waals surface area contributed by atoms with Crippen molar-refractivity contribution in [2.24, 2.45) is 0 Å². The summed E-state index contributed by atoms with van der Waals surface area (Å²) in [6, 6.07) is 7.08. The lowest BCUT2D eigenvalue weighted by atomic mass is 10.1. The summed E-state index contributed by atoms with van der Waals surface area (Å²) in [5.41, 5.74) is 1.43. The minimum absolute atomic E-state index is 0. The van der Waals surface area contributed by atoms with Gasteiger partial charge in [-0.3, -0.25) is 0 Å². The van der Waals surface area contributed by atoms with Gasteiger partial charge in [0.25, 0.3) is 0 Å². The predicted octanol–water partition coefficient (Wildman–Crippen LogP) is -3.18. The highest BCUT2D eigenvalue weighted by atomic mass is 35.5. The van der Waals surface area contributed by atoms with Crippen LogP contribution in [0.15, 0.2) is 24.3 Å². The van der Waals surface area contributed by atoms with Gasteiger partial charge in [-0.15, -0.1) is 0 Å². The van der Waals surface area contributed by atoms with Crippen molar-refractivity contribution in [1.29, 1.82) is 0 Å². The SMILES string of the molecule is COC(=[NH2+])Cc1cccc(C(=O)OC)c1.[Cl-]. The fourth-order valence-corrected chi connectivity index (χ4v) is 1.20. The lowest BCUT2D eigenvalue weighted by molar-refractivity contribution is -0.139. The monoisotopic (exact) mass is 243 g/mol. The number of carbonyl (C=O) groups excluding carboxylic acids is 1. The van der Waals surface area contributed by atoms with Crippen molar-refractivity contribution in [3.8, 4) is 0 Å². The molecule has 0 unspecified atom stereocenters. The van der Waals surface area contributed by atoms with Crippen molar-refractivity contribution in [2.75, 3.05) is 14.2 Å². The maximum Gasteiger partial charge on any atom is 0.337 e. The van der Waals surface area contributed by atoms with E-state index < -0.39 is 0 Å². The quantitative estimate of drug-likeness (QED) is 0.346. The first-order chi connectivity index (χ1) is 7.17. The number of carbonyl (C=O) groups is 1. The van der Waals surface area contributed by atoms with Crippen molar-refractivity contribution >= 4 is 11.9 Å². The molecule has 0 amide bonds. The average molecular weight is 244 g/mol. The molecular weight excluding hydrogens is 230 g/mol. The molecule has 1 rings (SSSR count). The fraction of sp³-hybridized carbons (Fsp3) is 0.273. The van der Waals surface area contributed by atoms with E-state index in [1.807, 2.05) is 6.07 Å². The Balaban J connectivity index is 0.00000225. The number of esters is 1. The molecule has 1 aromatic carbocycles. The van der Waals surface area contributed by atoms with Gasteiger partial charge in [0.05, 0.1) is 26.2 Å². The highest BCUT2D eigenvalue weighted by Crippen LogP contribution is 2.07. The van der Waals surface area contributed by atoms with Gasteiger partial charge in [-0.05, 0) is 17.7 Å². The van der Waals surface area contributed by atoms with Gasteiger partial charge < -0.3 is 21.9 Å². The summed E-state index contributed by atoms with van der Waals surface area (Å²) in [4.78, 5) is 11.2. The molecule has 0 aromatic heterocycles. The highest BCUT2D eigenvalue weighted by molar-refractivity contribution is 5.89. The first-order valence-corrected chi connectivity index (χ1v) is 4.50. The second-order valence-corrected chi connectivity index (χ2v) is 3.04. The fourth-order valence-electron chi connectivity index (χ4n) is 1.20. The number of methoxy groups -OCH3 is 2. The maximum atomic E-state index is 11.2. The van der Waals surface area contributed by atoms with Crippen LogP contribution in [0.3, 0.4) is 0 Å². The molecule has 0 saturated heterocycles. The Bertz CT molecular complexity index is 379. The van der Waals surface area contributed by atoms with Gasteiger partial charge in [-0.25, -0.2) is 10.2 Å². The molecule has 0 aliphatic rings. The van der Waals surface area contributed by atoms with Crippen molar-refractivity contribution in [3.05, 3.63) is 35.4 Å². The van der Waals surface area contributed by atoms with E-state index in [0.29, 0.717) is 17.9 Å². The van der Waals surface area contributed by atoms with Gasteiger partial charge in [0.2, 0.25) is 0 Å². The first kappa shape index (κ1) is 14.5. The van der Waals surface area contributed by atoms with Crippen LogP contribution in [0.1, 0.15) is 15.9 Å². The van der Waals surface area contributed by atoms with Gasteiger partial charge in [0.15, 0.2) is 0 Å². The van der Waals surface area contributed by atoms with E-state index in [-0.39, 0.29) is 18.4 Å². The zero-order valence-electron chi connectivity index (χ0n) is 9.20. The van der Waals surface area contributed by atoms with E-state index in [4.69, 9.17) is 10.1 Å². The molecule has 2 N–H and O–H groups in total. The van der Waals surface area contributed by atoms with Crippen LogP contribution in [-0.2, 0) is 15.9 Å². The molecule has 4 nitrogen and oxygen atoms in total. The van der Waals surface area contributed by atoms with Gasteiger partial charge in [0.1, 0.15) is 0 Å². The van der Waals surface area contributed by atoms with E-state index in [0.717, 1.165) is 5.56 Å². The second-order valence-electron chi connectivity index (χ2n) is 3.04. The summed E-state index contributed by atoms with van der Waals surface area (Å²) in [7, 11) is 2.87. The van der Waals surface area contributed by atoms with Gasteiger partial charge in [-0.1, -0.05) is 12.1 Å². The summed E-state index contributed by atoms with van der Waals surface area (Å²) >= 11 is 0. The first-order valence-electron chi connectivity index (χ1n) is 4.50. The lowest BCUT2D eigenvalue weighted by Crippen LogP contribution is -3.00. The zero-order valence-corrected chi connectivity index (χ0v) is 9.95. The van der Waals surface area contributed by atoms with Crippen molar-refractivity contribution < 1.29 is 32.1 Å². The summed E-state index contributed by atoms with van der Waals surface area (Å²) < 4.78 is 9.47. The zero-order chi connectivity index (χ0) is 11.3. The smallest absolute Gasteiger partial charge is 0.337 e. The predicted molar refractivity (Wildman–Crippen MR) is 55.4 cm³/mol. The minimum Gasteiger partial charge on any atom is -1.00 e. The number of hydrogen-bond acceptors (Lipinski definition) is 3. The number of rotatable bonds is 3. The maximum absolute atomic E-state index is 11.2. The van der Waals surface area contributed by atoms with Crippen LogP contribution in [-0.4, -0.2) is 26.1 Å². The Morgan fingerprint density at radius 3 is 2.56 bits per heavy atom. The summed E-state index contributed by atoms with van der Waals surface area (Å²) in [5.74, 6) is 0.0601. The normalized spacial score (nSPS) is 8.88. The van der Waals surface area contributed by atoms with Crippen molar-refractivity contribution in [2.45, 2.75) is 6.42 Å². The van der Waals surface area contributed by atoms with E-state index in [1.165, 1.54) is 14.2 Å². The van der Waals surface area contributed by atoms with E-state index in [9.17, 15) is 4.79 Å². The summed E-state index contributed by atoms with van der Waals surface area (Å²) in [6.45, 7) is 0. The van der Waals surface area contributed by atoms with Crippen molar-refractivity contribution in [1.82, 2.24) is 0 Å². The molecule has 0 aliphatic heterocycles. The topological polar surface area (TPSA) is 61.1 Å². The van der Waals surface area contributed by atoms with E-state index in [1.54, 1.807) is 18.2 Å². The summed E-state index contributed by atoms with van der Waals surface area (Å²) in [6.07, 6.45) is 0.487. The Labute approximate surface area is 100 Å². The molecule has 88 valence electrons. The lowest BCUT2D eigenvalue weighted by Gasteiger charge is -2.02. The number of halogens is 1. The van der Waals surface area contributed by atoms with Gasteiger partial charge in [-0.2, -0.15) is 0 Å². The van der Waals surface area contributed by atoms with Crippen LogP contribution in [0.2, 0.25) is 0 Å². The standard InChI is InChI=1S/C11H13NO3.ClH/c1-14-10(12)7-8-4-3-5-9(6-8)11(13)15-2;/h3-6,12H,7H2,1-2H3;1H. The molecule has 0 atom stereocenters. The third kappa shape index (κ3) is 3.90. The van der Waals surface area contributed by atoms with Crippen LogP contribution < -0.4 is 17.8 Å². The van der Waals surface area contributed by atoms with Crippen LogP contribution in [0.25, 0.3) is 0 Å². The highest BCUT2D eigenvalue weighted by Gasteiger charge is 2.08. The molecule has 16 heavy (non-hydrogen) atoms. The molecule has 0 bridgehead atoms. The molecule has 0 radical (unpaired) electrons. The Kier molecular flexibility index (Phi) is 6.18. The Hall–Kier alpha value is -1.55. The minimum atomic E-state index is -0.354. The molecule has 0 spiro atoms. The number of ether oxygens (including phenoxy) is 2. The summed E-state index contributed by atoms with van der Waals surface area (Å²) in [5, 5.41) is 5.54. The van der Waals surface area contributed by atoms with Crippen molar-refractivity contribution in [3.63, 3.8) is 0 Å². The third-order valence-electron chi connectivity index (χ3n) is 1.99. The Morgan fingerprint density at radius 2 is 2.00 bits per heavy atom. The van der Waals surface area contributed by atoms with E-state index in [2.05, 4.69) is 4.74 Å². The Morgan fingerprint density at radius 1 is 1.31 bits per heavy atom. The van der Waals surface area contributed by atoms with Crippen LogP contribution >= 0.6 is 0 Å². The number of nitrogens with two attached hydrogens (primary N) is 1. The molecule has 5 heteroatoms. The van der Waals surface area contributed by atoms with Gasteiger partial charge in [0, 0.05) is 0 Å². The number of benzene rings is 1. The molecule has 0 aliphatic carbocycles. The van der Waals surface area contributed by atoms with Crippen LogP contribution in [0, 0.1) is 0 Å². The molecule has 1 aromatic rings. The van der Waals surface area contributed by atoms with E-state index >= 15 is 0 Å². The molecule has 0 heterocycles. The molecular formula is C11H14ClNO3. The largest absolute Gasteiger partial charge is 1.00 e. The van der Waals surface area contributed by atoms with Crippen LogP contribution in [0.4, 0.5) is 0 Å². The average Bonchev–Trinajstić information content (AvgIpc) is 2.28. The van der Waals surface area contributed by atoms with Crippen LogP contribution in [0.5, 0.6) is 0 Å².